The average molecular weight is 320 g/mol. The molecule has 2 atom stereocenters. The van der Waals surface area contributed by atoms with Crippen LogP contribution in [0.25, 0.3) is 0 Å². The Labute approximate surface area is 136 Å². The SMILES string of the molecule is CC[C@@H](C)NC(=O)NC(=O)COC(=O)C[C@@H](C)c1ccccc1. The molecule has 0 heterocycles. The summed E-state index contributed by atoms with van der Waals surface area (Å²) >= 11 is 0. The van der Waals surface area contributed by atoms with Gasteiger partial charge < -0.3 is 10.1 Å². The third-order valence-electron chi connectivity index (χ3n) is 3.45. The Morgan fingerprint density at radius 2 is 1.78 bits per heavy atom. The van der Waals surface area contributed by atoms with Gasteiger partial charge in [0.1, 0.15) is 0 Å². The first-order chi connectivity index (χ1) is 10.9. The molecule has 0 saturated carbocycles. The molecule has 3 amide bonds. The van der Waals surface area contributed by atoms with Crippen LogP contribution in [0.15, 0.2) is 30.3 Å². The molecule has 1 aromatic carbocycles. The van der Waals surface area contributed by atoms with E-state index in [1.165, 1.54) is 0 Å². The molecule has 1 rings (SSSR count). The smallest absolute Gasteiger partial charge is 0.321 e. The van der Waals surface area contributed by atoms with E-state index in [0.29, 0.717) is 0 Å². The van der Waals surface area contributed by atoms with E-state index in [1.54, 1.807) is 0 Å². The predicted molar refractivity (Wildman–Crippen MR) is 86.9 cm³/mol. The number of hydrogen-bond acceptors (Lipinski definition) is 4. The van der Waals surface area contributed by atoms with Crippen LogP contribution in [0.2, 0.25) is 0 Å². The largest absolute Gasteiger partial charge is 0.456 e. The summed E-state index contributed by atoms with van der Waals surface area (Å²) in [5, 5.41) is 4.71. The minimum absolute atomic E-state index is 0.000429. The lowest BCUT2D eigenvalue weighted by molar-refractivity contribution is -0.148. The number of hydrogen-bond donors (Lipinski definition) is 2. The number of urea groups is 1. The van der Waals surface area contributed by atoms with Gasteiger partial charge in [-0.2, -0.15) is 0 Å². The molecule has 0 radical (unpaired) electrons. The lowest BCUT2D eigenvalue weighted by Crippen LogP contribution is -2.44. The second kappa shape index (κ2) is 9.61. The average Bonchev–Trinajstić information content (AvgIpc) is 2.53. The van der Waals surface area contributed by atoms with E-state index in [4.69, 9.17) is 4.74 Å². The second-order valence-electron chi connectivity index (χ2n) is 5.51. The Kier molecular flexibility index (Phi) is 7.80. The zero-order valence-electron chi connectivity index (χ0n) is 13.8. The van der Waals surface area contributed by atoms with Crippen molar-refractivity contribution >= 4 is 17.9 Å². The number of rotatable bonds is 7. The van der Waals surface area contributed by atoms with Crippen molar-refractivity contribution in [2.24, 2.45) is 0 Å². The highest BCUT2D eigenvalue weighted by molar-refractivity contribution is 5.95. The summed E-state index contributed by atoms with van der Waals surface area (Å²) in [5.41, 5.74) is 1.03. The van der Waals surface area contributed by atoms with E-state index < -0.39 is 24.5 Å². The summed E-state index contributed by atoms with van der Waals surface area (Å²) in [4.78, 5) is 34.7. The van der Waals surface area contributed by atoms with Gasteiger partial charge in [-0.25, -0.2) is 4.79 Å². The third-order valence-corrected chi connectivity index (χ3v) is 3.45. The Balaban J connectivity index is 2.30. The Bertz CT molecular complexity index is 531. The van der Waals surface area contributed by atoms with Gasteiger partial charge in [-0.15, -0.1) is 0 Å². The molecular formula is C17H24N2O4. The summed E-state index contributed by atoms with van der Waals surface area (Å²) in [6.45, 7) is 5.20. The van der Waals surface area contributed by atoms with Gasteiger partial charge in [-0.1, -0.05) is 44.2 Å². The topological polar surface area (TPSA) is 84.5 Å². The Morgan fingerprint density at radius 3 is 2.39 bits per heavy atom. The maximum Gasteiger partial charge on any atom is 0.321 e. The molecule has 6 heteroatoms. The van der Waals surface area contributed by atoms with Gasteiger partial charge in [0.15, 0.2) is 6.61 Å². The number of benzene rings is 1. The van der Waals surface area contributed by atoms with Crippen molar-refractivity contribution in [2.75, 3.05) is 6.61 Å². The predicted octanol–water partition coefficient (Wildman–Crippen LogP) is 2.35. The van der Waals surface area contributed by atoms with Crippen LogP contribution >= 0.6 is 0 Å². The first-order valence-corrected chi connectivity index (χ1v) is 7.73. The molecule has 1 aromatic rings. The molecule has 0 aromatic heterocycles. The molecule has 0 aliphatic carbocycles. The highest BCUT2D eigenvalue weighted by Gasteiger charge is 2.15. The summed E-state index contributed by atoms with van der Waals surface area (Å²) in [6, 6.07) is 8.97. The van der Waals surface area contributed by atoms with Crippen LogP contribution < -0.4 is 10.6 Å². The molecule has 0 saturated heterocycles. The number of nitrogens with one attached hydrogen (secondary N) is 2. The van der Waals surface area contributed by atoms with Gasteiger partial charge in [0.25, 0.3) is 5.91 Å². The van der Waals surface area contributed by atoms with E-state index in [0.717, 1.165) is 12.0 Å². The molecule has 0 spiro atoms. The minimum atomic E-state index is -0.647. The van der Waals surface area contributed by atoms with Crippen LogP contribution in [0.1, 0.15) is 45.1 Å². The van der Waals surface area contributed by atoms with Gasteiger partial charge in [0, 0.05) is 6.04 Å². The van der Waals surface area contributed by atoms with Gasteiger partial charge in [-0.3, -0.25) is 14.9 Å². The third kappa shape index (κ3) is 7.44. The van der Waals surface area contributed by atoms with E-state index in [2.05, 4.69) is 10.6 Å². The van der Waals surface area contributed by atoms with Crippen molar-refractivity contribution in [1.82, 2.24) is 10.6 Å². The van der Waals surface area contributed by atoms with Gasteiger partial charge >= 0.3 is 12.0 Å². The Hall–Kier alpha value is -2.37. The van der Waals surface area contributed by atoms with Crippen LogP contribution in [0.3, 0.4) is 0 Å². The lowest BCUT2D eigenvalue weighted by Gasteiger charge is -2.13. The fraction of sp³-hybridized carbons (Fsp3) is 0.471. The Morgan fingerprint density at radius 1 is 1.13 bits per heavy atom. The number of imide groups is 1. The van der Waals surface area contributed by atoms with Crippen LogP contribution in [0.4, 0.5) is 4.79 Å². The zero-order chi connectivity index (χ0) is 17.2. The van der Waals surface area contributed by atoms with Gasteiger partial charge in [0.05, 0.1) is 6.42 Å². The molecule has 23 heavy (non-hydrogen) atoms. The number of carbonyl (C=O) groups is 3. The maximum absolute atomic E-state index is 11.7. The van der Waals surface area contributed by atoms with E-state index in [1.807, 2.05) is 51.1 Å². The summed E-state index contributed by atoms with van der Waals surface area (Å²) in [6.07, 6.45) is 0.935. The quantitative estimate of drug-likeness (QED) is 0.755. The van der Waals surface area contributed by atoms with Gasteiger partial charge in [0.2, 0.25) is 0 Å². The standard InChI is InChI=1S/C17H24N2O4/c1-4-13(3)18-17(22)19-15(20)11-23-16(21)10-12(2)14-8-6-5-7-9-14/h5-9,12-13H,4,10-11H2,1-3H3,(H2,18,19,20,22)/t12-,13-/m1/s1. The maximum atomic E-state index is 11.7. The van der Waals surface area contributed by atoms with E-state index >= 15 is 0 Å². The summed E-state index contributed by atoms with van der Waals surface area (Å²) in [5.74, 6) is -1.12. The van der Waals surface area contributed by atoms with E-state index in [-0.39, 0.29) is 18.4 Å². The van der Waals surface area contributed by atoms with Crippen LogP contribution in [-0.2, 0) is 14.3 Å². The first kappa shape index (κ1) is 18.7. The molecule has 0 fully saturated rings. The molecule has 126 valence electrons. The molecule has 0 bridgehead atoms. The van der Waals surface area contributed by atoms with Gasteiger partial charge in [-0.05, 0) is 24.8 Å². The molecule has 2 N–H and O–H groups in total. The van der Waals surface area contributed by atoms with Crippen LogP contribution in [0, 0.1) is 0 Å². The van der Waals surface area contributed by atoms with E-state index in [9.17, 15) is 14.4 Å². The monoisotopic (exact) mass is 320 g/mol. The molecular weight excluding hydrogens is 296 g/mol. The molecule has 6 nitrogen and oxygen atoms in total. The van der Waals surface area contributed by atoms with Crippen molar-refractivity contribution in [2.45, 2.75) is 45.6 Å². The van der Waals surface area contributed by atoms with Crippen LogP contribution in [-0.4, -0.2) is 30.6 Å². The minimum Gasteiger partial charge on any atom is -0.456 e. The van der Waals surface area contributed by atoms with Crippen molar-refractivity contribution in [3.05, 3.63) is 35.9 Å². The van der Waals surface area contributed by atoms with Crippen molar-refractivity contribution in [3.8, 4) is 0 Å². The highest BCUT2D eigenvalue weighted by atomic mass is 16.5. The fourth-order valence-electron chi connectivity index (χ4n) is 1.88. The molecule has 0 aliphatic rings. The highest BCUT2D eigenvalue weighted by Crippen LogP contribution is 2.18. The molecule has 0 unspecified atom stereocenters. The number of esters is 1. The van der Waals surface area contributed by atoms with Crippen molar-refractivity contribution < 1.29 is 19.1 Å². The fourth-order valence-corrected chi connectivity index (χ4v) is 1.88. The number of carbonyl (C=O) groups excluding carboxylic acids is 3. The number of amides is 3. The van der Waals surface area contributed by atoms with Crippen LogP contribution in [0.5, 0.6) is 0 Å². The first-order valence-electron chi connectivity index (χ1n) is 7.73. The second-order valence-corrected chi connectivity index (χ2v) is 5.51. The van der Waals surface area contributed by atoms with Crippen molar-refractivity contribution in [3.63, 3.8) is 0 Å². The number of ether oxygens (including phenoxy) is 1. The lowest BCUT2D eigenvalue weighted by atomic mass is 9.98. The zero-order valence-corrected chi connectivity index (χ0v) is 13.8. The summed E-state index contributed by atoms with van der Waals surface area (Å²) < 4.78 is 4.90. The summed E-state index contributed by atoms with van der Waals surface area (Å²) in [7, 11) is 0. The normalized spacial score (nSPS) is 12.8. The molecule has 0 aliphatic heterocycles. The van der Waals surface area contributed by atoms with Crippen molar-refractivity contribution in [1.29, 1.82) is 0 Å².